The Kier molecular flexibility index (Phi) is 4.02. The molecule has 25 heavy (non-hydrogen) atoms. The molecule has 3 N–H and O–H groups in total. The number of hydrogen-bond acceptors (Lipinski definition) is 4. The van der Waals surface area contributed by atoms with E-state index in [9.17, 15) is 20.1 Å². The van der Waals surface area contributed by atoms with E-state index >= 15 is 0 Å². The standard InChI is InChI=1S/C21H30O4/c1-20-8-7-13(23)9-12(20)3-4-14-15-5-6-16(18(25)11-22)21(15,2)10-17(24)19(14)20/h7-9,13-17,19,22-24H,3-6,10-11H2,1-2H3/t13?,14-,15?,16+,17-,19?,20-,21-/m0/s1. The summed E-state index contributed by atoms with van der Waals surface area (Å²) in [6.07, 6.45) is 9.42. The van der Waals surface area contributed by atoms with Crippen LogP contribution < -0.4 is 0 Å². The second-order valence-electron chi connectivity index (χ2n) is 9.19. The molecule has 3 saturated carbocycles. The molecule has 0 saturated heterocycles. The first kappa shape index (κ1) is 17.4. The van der Waals surface area contributed by atoms with Crippen LogP contribution in [0.1, 0.15) is 46.0 Å². The van der Waals surface area contributed by atoms with E-state index in [1.807, 2.05) is 12.2 Å². The predicted molar refractivity (Wildman–Crippen MR) is 94.6 cm³/mol. The van der Waals surface area contributed by atoms with Gasteiger partial charge in [-0.3, -0.25) is 4.79 Å². The molecule has 8 atom stereocenters. The lowest BCUT2D eigenvalue weighted by atomic mass is 9.46. The number of rotatable bonds is 2. The maximum Gasteiger partial charge on any atom is 0.161 e. The quantitative estimate of drug-likeness (QED) is 0.670. The van der Waals surface area contributed by atoms with Crippen molar-refractivity contribution >= 4 is 5.78 Å². The van der Waals surface area contributed by atoms with Crippen molar-refractivity contribution in [1.29, 1.82) is 0 Å². The maximum atomic E-state index is 12.3. The molecule has 4 heteroatoms. The zero-order valence-electron chi connectivity index (χ0n) is 15.2. The van der Waals surface area contributed by atoms with Gasteiger partial charge in [0.2, 0.25) is 0 Å². The van der Waals surface area contributed by atoms with Crippen molar-refractivity contribution < 1.29 is 20.1 Å². The van der Waals surface area contributed by atoms with Gasteiger partial charge < -0.3 is 15.3 Å². The van der Waals surface area contributed by atoms with Gasteiger partial charge in [-0.15, -0.1) is 0 Å². The Morgan fingerprint density at radius 3 is 2.72 bits per heavy atom. The van der Waals surface area contributed by atoms with E-state index in [1.165, 1.54) is 5.57 Å². The van der Waals surface area contributed by atoms with Crippen LogP contribution in [0.2, 0.25) is 0 Å². The van der Waals surface area contributed by atoms with E-state index in [1.54, 1.807) is 0 Å². The number of allylic oxidation sites excluding steroid dienone is 2. The van der Waals surface area contributed by atoms with Gasteiger partial charge in [0.05, 0.1) is 12.2 Å². The highest BCUT2D eigenvalue weighted by Crippen LogP contribution is 2.66. The zero-order valence-corrected chi connectivity index (χ0v) is 15.2. The van der Waals surface area contributed by atoms with E-state index in [4.69, 9.17) is 0 Å². The number of aliphatic hydroxyl groups excluding tert-OH is 3. The number of hydrogen-bond donors (Lipinski definition) is 3. The minimum Gasteiger partial charge on any atom is -0.393 e. The van der Waals surface area contributed by atoms with Crippen molar-refractivity contribution in [2.45, 2.75) is 58.2 Å². The van der Waals surface area contributed by atoms with E-state index in [-0.39, 0.29) is 35.1 Å². The minimum absolute atomic E-state index is 0.0565. The summed E-state index contributed by atoms with van der Waals surface area (Å²) < 4.78 is 0. The Bertz CT molecular complexity index is 638. The Hall–Kier alpha value is -0.970. The molecule has 0 aromatic rings. The molecular formula is C21H30O4. The Labute approximate surface area is 149 Å². The molecule has 0 spiro atoms. The van der Waals surface area contributed by atoms with Crippen molar-refractivity contribution in [2.24, 2.45) is 34.5 Å². The van der Waals surface area contributed by atoms with Crippen molar-refractivity contribution in [3.63, 3.8) is 0 Å². The molecule has 4 nitrogen and oxygen atoms in total. The molecule has 0 heterocycles. The number of carbonyl (C=O) groups excluding carboxylic acids is 1. The highest BCUT2D eigenvalue weighted by molar-refractivity contribution is 5.83. The van der Waals surface area contributed by atoms with Gasteiger partial charge in [-0.2, -0.15) is 0 Å². The fourth-order valence-electron chi connectivity index (χ4n) is 7.08. The third-order valence-electron chi connectivity index (χ3n) is 8.14. The van der Waals surface area contributed by atoms with Gasteiger partial charge in [0, 0.05) is 17.3 Å². The van der Waals surface area contributed by atoms with Crippen LogP contribution in [0, 0.1) is 34.5 Å². The van der Waals surface area contributed by atoms with Gasteiger partial charge in [-0.05, 0) is 49.4 Å². The Morgan fingerprint density at radius 1 is 1.24 bits per heavy atom. The Morgan fingerprint density at radius 2 is 2.00 bits per heavy atom. The molecule has 138 valence electrons. The molecule has 0 bridgehead atoms. The fourth-order valence-corrected chi connectivity index (χ4v) is 7.08. The van der Waals surface area contributed by atoms with Gasteiger partial charge in [-0.25, -0.2) is 0 Å². The Balaban J connectivity index is 1.70. The highest BCUT2D eigenvalue weighted by atomic mass is 16.3. The first-order chi connectivity index (χ1) is 11.8. The molecule has 3 unspecified atom stereocenters. The van der Waals surface area contributed by atoms with Crippen LogP contribution in [0.25, 0.3) is 0 Å². The monoisotopic (exact) mass is 346 g/mol. The first-order valence-corrected chi connectivity index (χ1v) is 9.71. The summed E-state index contributed by atoms with van der Waals surface area (Å²) in [5.41, 5.74) is 0.866. The lowest BCUT2D eigenvalue weighted by molar-refractivity contribution is -0.141. The van der Waals surface area contributed by atoms with E-state index in [2.05, 4.69) is 19.9 Å². The molecule has 0 aromatic heterocycles. The average molecular weight is 346 g/mol. The van der Waals surface area contributed by atoms with Crippen molar-refractivity contribution in [3.8, 4) is 0 Å². The lowest BCUT2D eigenvalue weighted by Gasteiger charge is -2.59. The molecule has 0 aliphatic heterocycles. The summed E-state index contributed by atoms with van der Waals surface area (Å²) in [4.78, 5) is 12.3. The largest absolute Gasteiger partial charge is 0.393 e. The fraction of sp³-hybridized carbons (Fsp3) is 0.762. The average Bonchev–Trinajstić information content (AvgIpc) is 2.91. The first-order valence-electron chi connectivity index (χ1n) is 9.71. The number of ketones is 1. The van der Waals surface area contributed by atoms with Crippen molar-refractivity contribution in [2.75, 3.05) is 6.61 Å². The zero-order chi connectivity index (χ0) is 18.0. The van der Waals surface area contributed by atoms with E-state index in [0.29, 0.717) is 18.3 Å². The molecule has 0 aromatic carbocycles. The predicted octanol–water partition coefficient (Wildman–Crippen LogP) is 2.23. The van der Waals surface area contributed by atoms with Gasteiger partial charge in [0.15, 0.2) is 5.78 Å². The van der Waals surface area contributed by atoms with Gasteiger partial charge >= 0.3 is 0 Å². The molecule has 3 fully saturated rings. The molecular weight excluding hydrogens is 316 g/mol. The number of Topliss-reactive ketones (excluding diaryl/α,β-unsaturated/α-hetero) is 1. The minimum atomic E-state index is -0.510. The van der Waals surface area contributed by atoms with Crippen molar-refractivity contribution in [3.05, 3.63) is 23.8 Å². The molecule has 4 aliphatic carbocycles. The van der Waals surface area contributed by atoms with E-state index in [0.717, 1.165) is 25.7 Å². The lowest BCUT2D eigenvalue weighted by Crippen LogP contribution is -2.56. The van der Waals surface area contributed by atoms with Gasteiger partial charge in [0.25, 0.3) is 0 Å². The SMILES string of the molecule is C[C@]12C=CC(O)C=C1CC[C@@H]1C2[C@@H](O)C[C@@]2(C)C1CC[C@@H]2C(=O)CO. The summed E-state index contributed by atoms with van der Waals surface area (Å²) in [7, 11) is 0. The van der Waals surface area contributed by atoms with Gasteiger partial charge in [0.1, 0.15) is 6.61 Å². The van der Waals surface area contributed by atoms with Crippen LogP contribution in [0.15, 0.2) is 23.8 Å². The maximum absolute atomic E-state index is 12.3. The number of fused-ring (bicyclic) bond motifs is 5. The second-order valence-corrected chi connectivity index (χ2v) is 9.19. The molecule has 0 amide bonds. The molecule has 0 radical (unpaired) electrons. The summed E-state index contributed by atoms with van der Waals surface area (Å²) >= 11 is 0. The smallest absolute Gasteiger partial charge is 0.161 e. The van der Waals surface area contributed by atoms with Crippen LogP contribution in [0.4, 0.5) is 0 Å². The third-order valence-corrected chi connectivity index (χ3v) is 8.14. The van der Waals surface area contributed by atoms with Crippen molar-refractivity contribution in [1.82, 2.24) is 0 Å². The van der Waals surface area contributed by atoms with Crippen LogP contribution in [-0.2, 0) is 4.79 Å². The summed E-state index contributed by atoms with van der Waals surface area (Å²) in [5, 5.41) is 30.5. The van der Waals surface area contributed by atoms with Crippen LogP contribution in [-0.4, -0.2) is 39.9 Å². The van der Waals surface area contributed by atoms with Crippen LogP contribution in [0.5, 0.6) is 0 Å². The number of aliphatic hydroxyl groups is 3. The topological polar surface area (TPSA) is 77.8 Å². The number of carbonyl (C=O) groups is 1. The molecule has 4 aliphatic rings. The van der Waals surface area contributed by atoms with E-state index < -0.39 is 12.2 Å². The van der Waals surface area contributed by atoms with Crippen LogP contribution in [0.3, 0.4) is 0 Å². The second kappa shape index (κ2) is 5.77. The van der Waals surface area contributed by atoms with Crippen LogP contribution >= 0.6 is 0 Å². The summed E-state index contributed by atoms with van der Waals surface area (Å²) in [6, 6.07) is 0. The third kappa shape index (κ3) is 2.34. The normalized spacial score (nSPS) is 51.3. The molecule has 4 rings (SSSR count). The highest BCUT2D eigenvalue weighted by Gasteiger charge is 2.62. The summed E-state index contributed by atoms with van der Waals surface area (Å²) in [6.45, 7) is 3.98. The van der Waals surface area contributed by atoms with Gasteiger partial charge in [-0.1, -0.05) is 37.6 Å². The summed E-state index contributed by atoms with van der Waals surface area (Å²) in [5.74, 6) is 0.801.